The summed E-state index contributed by atoms with van der Waals surface area (Å²) in [6.07, 6.45) is 6.82. The maximum atomic E-state index is 9.51. The van der Waals surface area contributed by atoms with Gasteiger partial charge in [-0.15, -0.1) is 0 Å². The molecular formula is C22H20N4. The fraction of sp³-hybridized carbons (Fsp3) is 0.0455. The van der Waals surface area contributed by atoms with Gasteiger partial charge in [0.1, 0.15) is 17.6 Å². The van der Waals surface area contributed by atoms with Crippen molar-refractivity contribution in [3.8, 4) is 6.07 Å². The monoisotopic (exact) mass is 340 g/mol. The van der Waals surface area contributed by atoms with Crippen molar-refractivity contribution in [2.75, 3.05) is 7.05 Å². The van der Waals surface area contributed by atoms with E-state index >= 15 is 0 Å². The molecule has 2 aromatic carbocycles. The van der Waals surface area contributed by atoms with Gasteiger partial charge in [-0.25, -0.2) is 4.99 Å². The molecule has 26 heavy (non-hydrogen) atoms. The van der Waals surface area contributed by atoms with Gasteiger partial charge in [0.25, 0.3) is 0 Å². The summed E-state index contributed by atoms with van der Waals surface area (Å²) in [6.45, 7) is 3.62. The minimum atomic E-state index is 0.134. The molecule has 2 rings (SSSR count). The number of aliphatic imine (C=N–C) groups is 1. The van der Waals surface area contributed by atoms with E-state index in [0.29, 0.717) is 17.1 Å². The molecule has 0 aromatic heterocycles. The zero-order valence-corrected chi connectivity index (χ0v) is 14.6. The van der Waals surface area contributed by atoms with Crippen LogP contribution in [0.5, 0.6) is 0 Å². The van der Waals surface area contributed by atoms with E-state index in [-0.39, 0.29) is 5.84 Å². The third kappa shape index (κ3) is 4.89. The number of hydrogen-bond donors (Lipinski definition) is 1. The molecule has 0 saturated heterocycles. The number of allylic oxidation sites excluding steroid dienone is 5. The second-order valence-corrected chi connectivity index (χ2v) is 5.36. The van der Waals surface area contributed by atoms with Crippen LogP contribution >= 0.6 is 0 Å². The molecular weight excluding hydrogens is 320 g/mol. The summed E-state index contributed by atoms with van der Waals surface area (Å²) in [5.74, 6) is 0.662. The van der Waals surface area contributed by atoms with Gasteiger partial charge in [0.05, 0.1) is 0 Å². The van der Waals surface area contributed by atoms with Crippen LogP contribution in [0.4, 0.5) is 0 Å². The summed E-state index contributed by atoms with van der Waals surface area (Å²) in [7, 11) is 1.76. The van der Waals surface area contributed by atoms with Crippen LogP contribution in [-0.4, -0.2) is 23.6 Å². The molecule has 0 aliphatic heterocycles. The average molecular weight is 340 g/mol. The number of nitrogens with zero attached hydrogens (tertiary/aromatic N) is 3. The lowest BCUT2D eigenvalue weighted by Crippen LogP contribution is -2.27. The largest absolute Gasteiger partial charge is 0.320 e. The third-order valence-corrected chi connectivity index (χ3v) is 3.59. The minimum Gasteiger partial charge on any atom is -0.320 e. The van der Waals surface area contributed by atoms with Gasteiger partial charge in [-0.2, -0.15) is 5.26 Å². The maximum Gasteiger partial charge on any atom is 0.154 e. The van der Waals surface area contributed by atoms with Gasteiger partial charge in [-0.3, -0.25) is 5.41 Å². The highest BCUT2D eigenvalue weighted by molar-refractivity contribution is 6.10. The highest BCUT2D eigenvalue weighted by Crippen LogP contribution is 2.12. The molecule has 128 valence electrons. The van der Waals surface area contributed by atoms with Crippen LogP contribution in [0.1, 0.15) is 11.1 Å². The molecule has 2 aromatic rings. The van der Waals surface area contributed by atoms with E-state index in [1.54, 1.807) is 36.3 Å². The van der Waals surface area contributed by atoms with Crippen LogP contribution in [0.3, 0.4) is 0 Å². The normalized spacial score (nSPS) is 11.8. The summed E-state index contributed by atoms with van der Waals surface area (Å²) >= 11 is 0. The highest BCUT2D eigenvalue weighted by atomic mass is 15.2. The molecule has 0 amide bonds. The first-order valence-corrected chi connectivity index (χ1v) is 8.08. The van der Waals surface area contributed by atoms with Crippen LogP contribution in [0.15, 0.2) is 102 Å². The topological polar surface area (TPSA) is 63.2 Å². The van der Waals surface area contributed by atoms with E-state index in [1.807, 2.05) is 60.7 Å². The Balaban J connectivity index is 2.48. The Morgan fingerprint density at radius 1 is 1.04 bits per heavy atom. The van der Waals surface area contributed by atoms with Crippen LogP contribution in [0.2, 0.25) is 0 Å². The van der Waals surface area contributed by atoms with Gasteiger partial charge in [-0.05, 0) is 6.08 Å². The summed E-state index contributed by atoms with van der Waals surface area (Å²) in [5.41, 5.74) is 1.94. The van der Waals surface area contributed by atoms with Crippen LogP contribution in [0, 0.1) is 16.7 Å². The number of benzene rings is 2. The molecule has 0 spiro atoms. The molecule has 1 N–H and O–H groups in total. The predicted molar refractivity (Wildman–Crippen MR) is 107 cm³/mol. The molecule has 4 nitrogen and oxygen atoms in total. The van der Waals surface area contributed by atoms with Crippen molar-refractivity contribution in [3.05, 3.63) is 108 Å². The number of nitrogens with one attached hydrogen (secondary N) is 1. The Morgan fingerprint density at radius 2 is 1.62 bits per heavy atom. The Labute approximate surface area is 154 Å². The fourth-order valence-electron chi connectivity index (χ4n) is 2.25. The van der Waals surface area contributed by atoms with Crippen molar-refractivity contribution in [2.45, 2.75) is 0 Å². The first kappa shape index (κ1) is 18.6. The fourth-order valence-corrected chi connectivity index (χ4v) is 2.25. The van der Waals surface area contributed by atoms with E-state index in [9.17, 15) is 5.26 Å². The Hall–Kier alpha value is -3.71. The summed E-state index contributed by atoms with van der Waals surface area (Å²) in [5, 5.41) is 17.8. The smallest absolute Gasteiger partial charge is 0.154 e. The van der Waals surface area contributed by atoms with Gasteiger partial charge < -0.3 is 4.90 Å². The van der Waals surface area contributed by atoms with Crippen LogP contribution in [0.25, 0.3) is 0 Å². The van der Waals surface area contributed by atoms with Gasteiger partial charge in [-0.1, -0.05) is 85.5 Å². The lowest BCUT2D eigenvalue weighted by molar-refractivity contribution is 0.653. The molecule has 0 unspecified atom stereocenters. The van der Waals surface area contributed by atoms with E-state index in [0.717, 1.165) is 5.56 Å². The van der Waals surface area contributed by atoms with Crippen molar-refractivity contribution >= 4 is 11.7 Å². The van der Waals surface area contributed by atoms with Crippen LogP contribution < -0.4 is 0 Å². The molecule has 0 aliphatic carbocycles. The standard InChI is InChI=1S/C22H20N4/c1-3-4-7-16-20(17-23)26(2)22(19-14-10-6-11-15-19)25-21(24)18-12-8-5-9-13-18/h3-16,24H,1H2,2H3/b7-4-,20-16-,24-21?,25-22?. The Morgan fingerprint density at radius 3 is 2.15 bits per heavy atom. The van der Waals surface area contributed by atoms with E-state index < -0.39 is 0 Å². The highest BCUT2D eigenvalue weighted by Gasteiger charge is 2.14. The molecule has 0 bridgehead atoms. The van der Waals surface area contributed by atoms with E-state index in [2.05, 4.69) is 17.6 Å². The van der Waals surface area contributed by atoms with Gasteiger partial charge in [0.15, 0.2) is 5.84 Å². The second kappa shape index (κ2) is 9.55. The van der Waals surface area contributed by atoms with Gasteiger partial charge in [0, 0.05) is 18.2 Å². The van der Waals surface area contributed by atoms with Crippen molar-refractivity contribution in [1.29, 1.82) is 10.7 Å². The molecule has 0 atom stereocenters. The second-order valence-electron chi connectivity index (χ2n) is 5.36. The zero-order chi connectivity index (χ0) is 18.8. The van der Waals surface area contributed by atoms with Gasteiger partial charge in [0.2, 0.25) is 0 Å². The van der Waals surface area contributed by atoms with E-state index in [4.69, 9.17) is 5.41 Å². The molecule has 4 heteroatoms. The number of amidine groups is 2. The van der Waals surface area contributed by atoms with Crippen molar-refractivity contribution < 1.29 is 0 Å². The zero-order valence-electron chi connectivity index (χ0n) is 14.6. The first-order chi connectivity index (χ1) is 12.7. The minimum absolute atomic E-state index is 0.134. The molecule has 0 heterocycles. The average Bonchev–Trinajstić information content (AvgIpc) is 2.70. The van der Waals surface area contributed by atoms with Crippen molar-refractivity contribution in [2.24, 2.45) is 4.99 Å². The number of nitriles is 1. The van der Waals surface area contributed by atoms with E-state index in [1.165, 1.54) is 0 Å². The number of rotatable bonds is 5. The predicted octanol–water partition coefficient (Wildman–Crippen LogP) is 4.54. The molecule has 0 saturated carbocycles. The van der Waals surface area contributed by atoms with Gasteiger partial charge >= 0.3 is 0 Å². The molecule has 0 radical (unpaired) electrons. The third-order valence-electron chi connectivity index (χ3n) is 3.59. The Kier molecular flexibility index (Phi) is 6.84. The first-order valence-electron chi connectivity index (χ1n) is 8.08. The molecule has 0 aliphatic rings. The van der Waals surface area contributed by atoms with Crippen molar-refractivity contribution in [3.63, 3.8) is 0 Å². The quantitative estimate of drug-likeness (QED) is 0.376. The van der Waals surface area contributed by atoms with Crippen molar-refractivity contribution in [1.82, 2.24) is 4.90 Å². The summed E-state index contributed by atoms with van der Waals surface area (Å²) < 4.78 is 0. The lowest BCUT2D eigenvalue weighted by Gasteiger charge is -2.20. The van der Waals surface area contributed by atoms with Crippen LogP contribution in [-0.2, 0) is 0 Å². The SMILES string of the molecule is C=C/C=C\C=C(\C#N)N(C)C(=NC(=N)c1ccccc1)c1ccccc1. The lowest BCUT2D eigenvalue weighted by atomic mass is 10.1. The maximum absolute atomic E-state index is 9.51. The Bertz CT molecular complexity index is 885. The number of hydrogen-bond acceptors (Lipinski definition) is 2. The summed E-state index contributed by atoms with van der Waals surface area (Å²) in [4.78, 5) is 6.18. The molecule has 0 fully saturated rings. The summed E-state index contributed by atoms with van der Waals surface area (Å²) in [6, 6.07) is 21.0.